The van der Waals surface area contributed by atoms with Crippen LogP contribution in [-0.4, -0.2) is 38.1 Å². The third-order valence-electron chi connectivity index (χ3n) is 1.91. The molecule has 8 heteroatoms. The molecule has 0 unspecified atom stereocenters. The van der Waals surface area contributed by atoms with E-state index in [2.05, 4.69) is 14.2 Å². The van der Waals surface area contributed by atoms with E-state index in [1.165, 1.54) is 6.92 Å². The topological polar surface area (TPSA) is 61.8 Å². The van der Waals surface area contributed by atoms with Gasteiger partial charge in [-0.05, 0) is 6.92 Å². The van der Waals surface area contributed by atoms with E-state index in [-0.39, 0.29) is 0 Å². The van der Waals surface area contributed by atoms with Crippen molar-refractivity contribution in [2.24, 2.45) is 5.41 Å². The van der Waals surface area contributed by atoms with Crippen LogP contribution in [0.1, 0.15) is 6.92 Å². The van der Waals surface area contributed by atoms with Crippen LogP contribution < -0.4 is 0 Å². The molecule has 0 spiro atoms. The van der Waals surface area contributed by atoms with Crippen molar-refractivity contribution in [2.45, 2.75) is 13.0 Å². The SMILES string of the molecule is CC1(C(=O)OC(F)(F)CF)COC(=O)OC1. The average Bonchev–Trinajstić information content (AvgIpc) is 2.22. The maximum atomic E-state index is 12.4. The number of hydrogen-bond donors (Lipinski definition) is 0. The lowest BCUT2D eigenvalue weighted by atomic mass is 9.93. The first-order valence-corrected chi connectivity index (χ1v) is 4.26. The highest BCUT2D eigenvalue weighted by Gasteiger charge is 2.46. The van der Waals surface area contributed by atoms with Gasteiger partial charge in [-0.25, -0.2) is 9.18 Å². The number of halogens is 3. The van der Waals surface area contributed by atoms with Crippen LogP contribution in [0.25, 0.3) is 0 Å². The third kappa shape index (κ3) is 2.77. The van der Waals surface area contributed by atoms with Gasteiger partial charge >= 0.3 is 18.2 Å². The van der Waals surface area contributed by atoms with E-state index in [0.29, 0.717) is 0 Å². The van der Waals surface area contributed by atoms with Crippen LogP contribution in [0.5, 0.6) is 0 Å². The predicted octanol–water partition coefficient (Wildman–Crippen LogP) is 1.27. The molecule has 1 aliphatic heterocycles. The maximum absolute atomic E-state index is 12.4. The summed E-state index contributed by atoms with van der Waals surface area (Å²) in [5.41, 5.74) is -1.55. The lowest BCUT2D eigenvalue weighted by molar-refractivity contribution is -0.250. The number of alkyl halides is 3. The lowest BCUT2D eigenvalue weighted by Crippen LogP contribution is -2.46. The van der Waals surface area contributed by atoms with Gasteiger partial charge in [-0.15, -0.1) is 0 Å². The molecule has 0 N–H and O–H groups in total. The summed E-state index contributed by atoms with van der Waals surface area (Å²) < 4.78 is 49.0. The molecule has 0 aliphatic carbocycles. The molecule has 1 heterocycles. The molecule has 0 aromatic rings. The molecule has 1 rings (SSSR count). The van der Waals surface area contributed by atoms with E-state index in [1.54, 1.807) is 0 Å². The zero-order valence-electron chi connectivity index (χ0n) is 8.30. The Bertz CT molecular complexity index is 294. The van der Waals surface area contributed by atoms with E-state index in [9.17, 15) is 22.8 Å². The van der Waals surface area contributed by atoms with Crippen molar-refractivity contribution in [2.75, 3.05) is 19.9 Å². The highest BCUT2D eigenvalue weighted by atomic mass is 19.3. The van der Waals surface area contributed by atoms with Crippen molar-refractivity contribution >= 4 is 12.1 Å². The van der Waals surface area contributed by atoms with Crippen LogP contribution >= 0.6 is 0 Å². The van der Waals surface area contributed by atoms with Crippen LogP contribution in [0.4, 0.5) is 18.0 Å². The van der Waals surface area contributed by atoms with Gasteiger partial charge < -0.3 is 14.2 Å². The van der Waals surface area contributed by atoms with Gasteiger partial charge in [0.1, 0.15) is 18.6 Å². The minimum atomic E-state index is -4.18. The predicted molar refractivity (Wildman–Crippen MR) is 42.4 cm³/mol. The van der Waals surface area contributed by atoms with Gasteiger partial charge in [0, 0.05) is 0 Å². The van der Waals surface area contributed by atoms with Gasteiger partial charge in [0.05, 0.1) is 0 Å². The Kier molecular flexibility index (Phi) is 3.30. The summed E-state index contributed by atoms with van der Waals surface area (Å²) in [6, 6.07) is 0. The summed E-state index contributed by atoms with van der Waals surface area (Å²) >= 11 is 0. The van der Waals surface area contributed by atoms with Crippen LogP contribution in [0, 0.1) is 5.41 Å². The van der Waals surface area contributed by atoms with Crippen molar-refractivity contribution < 1.29 is 37.0 Å². The fourth-order valence-electron chi connectivity index (χ4n) is 0.924. The maximum Gasteiger partial charge on any atom is 0.508 e. The molecule has 0 amide bonds. The van der Waals surface area contributed by atoms with Gasteiger partial charge in [-0.3, -0.25) is 4.79 Å². The Hall–Kier alpha value is -1.47. The summed E-state index contributed by atoms with van der Waals surface area (Å²) in [5.74, 6) is -1.39. The molecule has 92 valence electrons. The Morgan fingerprint density at radius 3 is 2.44 bits per heavy atom. The largest absolute Gasteiger partial charge is 0.508 e. The van der Waals surface area contributed by atoms with Crippen molar-refractivity contribution in [3.63, 3.8) is 0 Å². The number of hydrogen-bond acceptors (Lipinski definition) is 5. The second-order valence-corrected chi connectivity index (χ2v) is 3.55. The molecule has 0 aromatic carbocycles. The van der Waals surface area contributed by atoms with Crippen molar-refractivity contribution in [3.05, 3.63) is 0 Å². The Morgan fingerprint density at radius 1 is 1.50 bits per heavy atom. The Balaban J connectivity index is 2.63. The zero-order chi connectivity index (χ0) is 12.4. The molecule has 1 fully saturated rings. The number of carbonyl (C=O) groups is 2. The molecule has 0 atom stereocenters. The van der Waals surface area contributed by atoms with Crippen LogP contribution in [0.3, 0.4) is 0 Å². The van der Waals surface area contributed by atoms with E-state index in [0.717, 1.165) is 0 Å². The lowest BCUT2D eigenvalue weighted by Gasteiger charge is -2.30. The molecule has 16 heavy (non-hydrogen) atoms. The fourth-order valence-corrected chi connectivity index (χ4v) is 0.924. The third-order valence-corrected chi connectivity index (χ3v) is 1.91. The van der Waals surface area contributed by atoms with Gasteiger partial charge in [0.15, 0.2) is 6.67 Å². The standard InChI is InChI=1S/C8H9F3O5/c1-7(3-14-6(13)15-4-7)5(12)16-8(10,11)2-9/h2-4H2,1H3. The molecule has 1 saturated heterocycles. The monoisotopic (exact) mass is 242 g/mol. The highest BCUT2D eigenvalue weighted by Crippen LogP contribution is 2.28. The summed E-state index contributed by atoms with van der Waals surface area (Å²) in [7, 11) is 0. The minimum absolute atomic E-state index is 0.451. The molecular weight excluding hydrogens is 233 g/mol. The van der Waals surface area contributed by atoms with Crippen LogP contribution in [0.15, 0.2) is 0 Å². The minimum Gasteiger partial charge on any atom is -0.433 e. The average molecular weight is 242 g/mol. The first-order chi connectivity index (χ1) is 7.29. The second-order valence-electron chi connectivity index (χ2n) is 3.55. The first kappa shape index (κ1) is 12.6. The van der Waals surface area contributed by atoms with Crippen molar-refractivity contribution in [3.8, 4) is 0 Å². The van der Waals surface area contributed by atoms with Gasteiger partial charge in [0.2, 0.25) is 0 Å². The smallest absolute Gasteiger partial charge is 0.433 e. The molecule has 5 nitrogen and oxygen atoms in total. The fraction of sp³-hybridized carbons (Fsp3) is 0.750. The Morgan fingerprint density at radius 2 is 2.00 bits per heavy atom. The van der Waals surface area contributed by atoms with Crippen molar-refractivity contribution in [1.29, 1.82) is 0 Å². The van der Waals surface area contributed by atoms with Crippen LogP contribution in [-0.2, 0) is 19.0 Å². The number of esters is 1. The number of ether oxygens (including phenoxy) is 3. The highest BCUT2D eigenvalue weighted by molar-refractivity contribution is 5.78. The molecule has 1 aliphatic rings. The van der Waals surface area contributed by atoms with E-state index in [1.807, 2.05) is 0 Å². The molecule has 0 saturated carbocycles. The van der Waals surface area contributed by atoms with Gasteiger partial charge in [-0.1, -0.05) is 0 Å². The quantitative estimate of drug-likeness (QED) is 0.697. The van der Waals surface area contributed by atoms with E-state index < -0.39 is 43.5 Å². The van der Waals surface area contributed by atoms with Crippen molar-refractivity contribution in [1.82, 2.24) is 0 Å². The zero-order valence-corrected chi connectivity index (χ0v) is 8.30. The Labute approximate surface area is 88.4 Å². The number of cyclic esters (lactones) is 2. The number of rotatable bonds is 3. The van der Waals surface area contributed by atoms with E-state index >= 15 is 0 Å². The summed E-state index contributed by atoms with van der Waals surface area (Å²) in [6.07, 6.45) is -5.18. The van der Waals surface area contributed by atoms with Gasteiger partial charge in [0.25, 0.3) is 0 Å². The summed E-state index contributed by atoms with van der Waals surface area (Å²) in [5, 5.41) is 0. The normalized spacial score (nSPS) is 19.6. The summed E-state index contributed by atoms with van der Waals surface area (Å²) in [4.78, 5) is 21.8. The first-order valence-electron chi connectivity index (χ1n) is 4.26. The van der Waals surface area contributed by atoms with E-state index in [4.69, 9.17) is 0 Å². The molecule has 0 bridgehead atoms. The molecule has 0 aromatic heterocycles. The number of carbonyl (C=O) groups excluding carboxylic acids is 2. The van der Waals surface area contributed by atoms with Gasteiger partial charge in [-0.2, -0.15) is 8.78 Å². The van der Waals surface area contributed by atoms with Crippen LogP contribution in [0.2, 0.25) is 0 Å². The second kappa shape index (κ2) is 4.18. The molecular formula is C8H9F3O5. The summed E-state index contributed by atoms with van der Waals surface area (Å²) in [6.45, 7) is -1.81. The molecule has 0 radical (unpaired) electrons.